The van der Waals surface area contributed by atoms with Crippen LogP contribution >= 0.6 is 0 Å². The highest BCUT2D eigenvalue weighted by Gasteiger charge is 1.99. The van der Waals surface area contributed by atoms with E-state index in [2.05, 4.69) is 10.3 Å². The Bertz CT molecular complexity index is 156. The molecule has 0 radical (unpaired) electrons. The topological polar surface area (TPSA) is 59.9 Å². The number of nitrogens with zero attached hydrogens (tertiary/aromatic N) is 1. The predicted molar refractivity (Wildman–Crippen MR) is 40.8 cm³/mol. The van der Waals surface area contributed by atoms with Crippen molar-refractivity contribution >= 4 is 11.9 Å². The largest absolute Gasteiger partial charge is 0.482 e. The third-order valence-electron chi connectivity index (χ3n) is 0.944. The van der Waals surface area contributed by atoms with Gasteiger partial charge in [0.2, 0.25) is 5.90 Å². The molecule has 0 spiro atoms. The lowest BCUT2D eigenvalue weighted by Crippen LogP contribution is -2.18. The lowest BCUT2D eigenvalue weighted by atomic mass is 10.7. The number of ether oxygens (including phenoxy) is 2. The van der Waals surface area contributed by atoms with Crippen LogP contribution in [0.2, 0.25) is 0 Å². The van der Waals surface area contributed by atoms with E-state index in [1.807, 2.05) is 0 Å². The summed E-state index contributed by atoms with van der Waals surface area (Å²) >= 11 is 0. The van der Waals surface area contributed by atoms with E-state index in [9.17, 15) is 4.79 Å². The summed E-state index contributed by atoms with van der Waals surface area (Å²) in [5, 5.41) is 2.33. The number of rotatable bonds is 2. The Morgan fingerprint density at radius 1 is 1.55 bits per heavy atom. The molecular weight excluding hydrogens is 148 g/mol. The van der Waals surface area contributed by atoms with E-state index in [0.29, 0.717) is 0 Å². The quantitative estimate of drug-likeness (QED) is 0.457. The molecule has 11 heavy (non-hydrogen) atoms. The number of nitrogens with one attached hydrogen (secondary N) is 1. The maximum Gasteiger partial charge on any atom is 0.343 e. The summed E-state index contributed by atoms with van der Waals surface area (Å²) in [5.74, 6) is 0.256. The molecule has 0 heterocycles. The molecule has 0 saturated heterocycles. The first-order chi connectivity index (χ1) is 5.24. The van der Waals surface area contributed by atoms with Crippen LogP contribution < -0.4 is 5.32 Å². The SMILES string of the molecule is CNC(=O)N=C(COC)OC. The van der Waals surface area contributed by atoms with E-state index >= 15 is 0 Å². The summed E-state index contributed by atoms with van der Waals surface area (Å²) in [4.78, 5) is 14.1. The van der Waals surface area contributed by atoms with Crippen LogP contribution in [-0.2, 0) is 9.47 Å². The van der Waals surface area contributed by atoms with Gasteiger partial charge in [0.1, 0.15) is 6.61 Å². The van der Waals surface area contributed by atoms with Crippen molar-refractivity contribution in [2.45, 2.75) is 0 Å². The number of urea groups is 1. The third kappa shape index (κ3) is 4.32. The summed E-state index contributed by atoms with van der Waals surface area (Å²) in [6.07, 6.45) is 0. The third-order valence-corrected chi connectivity index (χ3v) is 0.944. The van der Waals surface area contributed by atoms with Crippen molar-refractivity contribution in [1.29, 1.82) is 0 Å². The summed E-state index contributed by atoms with van der Waals surface area (Å²) in [5.41, 5.74) is 0. The number of carbonyl (C=O) groups excluding carboxylic acids is 1. The van der Waals surface area contributed by atoms with Crippen molar-refractivity contribution in [3.63, 3.8) is 0 Å². The van der Waals surface area contributed by atoms with Gasteiger partial charge in [0.05, 0.1) is 7.11 Å². The first kappa shape index (κ1) is 9.90. The average Bonchev–Trinajstić information content (AvgIpc) is 2.03. The van der Waals surface area contributed by atoms with Crippen molar-refractivity contribution in [3.05, 3.63) is 0 Å². The number of hydrogen-bond donors (Lipinski definition) is 1. The lowest BCUT2D eigenvalue weighted by Gasteiger charge is -2.01. The Morgan fingerprint density at radius 2 is 2.18 bits per heavy atom. The summed E-state index contributed by atoms with van der Waals surface area (Å²) in [6.45, 7) is 0.198. The van der Waals surface area contributed by atoms with Crippen LogP contribution in [-0.4, -0.2) is 39.8 Å². The Morgan fingerprint density at radius 3 is 2.55 bits per heavy atom. The molecule has 0 aromatic carbocycles. The van der Waals surface area contributed by atoms with Gasteiger partial charge in [-0.2, -0.15) is 4.99 Å². The molecule has 0 aromatic rings. The molecule has 0 aromatic heterocycles. The van der Waals surface area contributed by atoms with E-state index in [-0.39, 0.29) is 12.5 Å². The van der Waals surface area contributed by atoms with Gasteiger partial charge in [0.15, 0.2) is 0 Å². The van der Waals surface area contributed by atoms with Crippen LogP contribution in [0.4, 0.5) is 4.79 Å². The Balaban J connectivity index is 3.99. The first-order valence-electron chi connectivity index (χ1n) is 3.06. The minimum absolute atomic E-state index is 0.198. The second-order valence-electron chi connectivity index (χ2n) is 1.70. The van der Waals surface area contributed by atoms with Crippen LogP contribution in [0.5, 0.6) is 0 Å². The van der Waals surface area contributed by atoms with Gasteiger partial charge >= 0.3 is 6.03 Å². The van der Waals surface area contributed by atoms with E-state index in [0.717, 1.165) is 0 Å². The number of amides is 2. The molecule has 5 nitrogen and oxygen atoms in total. The number of aliphatic imine (C=N–C) groups is 1. The van der Waals surface area contributed by atoms with Crippen molar-refractivity contribution in [3.8, 4) is 0 Å². The van der Waals surface area contributed by atoms with E-state index in [1.165, 1.54) is 21.3 Å². The zero-order valence-electron chi connectivity index (χ0n) is 6.88. The second kappa shape index (κ2) is 5.67. The molecule has 0 saturated carbocycles. The van der Waals surface area contributed by atoms with Gasteiger partial charge in [-0.15, -0.1) is 0 Å². The van der Waals surface area contributed by atoms with Crippen molar-refractivity contribution < 1.29 is 14.3 Å². The van der Waals surface area contributed by atoms with Gasteiger partial charge in [-0.25, -0.2) is 4.79 Å². The Hall–Kier alpha value is -1.10. The molecular formula is C6H12N2O3. The number of carbonyl (C=O) groups is 1. The van der Waals surface area contributed by atoms with Crippen LogP contribution in [0, 0.1) is 0 Å². The van der Waals surface area contributed by atoms with E-state index in [4.69, 9.17) is 9.47 Å². The van der Waals surface area contributed by atoms with Gasteiger partial charge in [0.25, 0.3) is 0 Å². The van der Waals surface area contributed by atoms with Gasteiger partial charge in [-0.05, 0) is 0 Å². The molecule has 0 aliphatic carbocycles. The normalized spacial score (nSPS) is 11.0. The van der Waals surface area contributed by atoms with Gasteiger partial charge in [-0.1, -0.05) is 0 Å². The zero-order chi connectivity index (χ0) is 8.69. The molecule has 0 aliphatic rings. The summed E-state index contributed by atoms with van der Waals surface area (Å²) in [6, 6.07) is -0.445. The molecule has 64 valence electrons. The minimum atomic E-state index is -0.445. The van der Waals surface area contributed by atoms with Crippen LogP contribution in [0.25, 0.3) is 0 Å². The summed E-state index contributed by atoms with van der Waals surface area (Å²) in [7, 11) is 4.42. The van der Waals surface area contributed by atoms with Gasteiger partial charge in [-0.3, -0.25) is 0 Å². The highest BCUT2D eigenvalue weighted by Crippen LogP contribution is 1.82. The highest BCUT2D eigenvalue weighted by atomic mass is 16.5. The van der Waals surface area contributed by atoms with Crippen molar-refractivity contribution in [1.82, 2.24) is 5.32 Å². The highest BCUT2D eigenvalue weighted by molar-refractivity contribution is 5.90. The van der Waals surface area contributed by atoms with E-state index < -0.39 is 6.03 Å². The van der Waals surface area contributed by atoms with Crippen LogP contribution in [0.1, 0.15) is 0 Å². The van der Waals surface area contributed by atoms with Crippen LogP contribution in [0.3, 0.4) is 0 Å². The minimum Gasteiger partial charge on any atom is -0.482 e. The molecule has 0 fully saturated rings. The fourth-order valence-electron chi connectivity index (χ4n) is 0.429. The maximum absolute atomic E-state index is 10.6. The molecule has 0 rings (SSSR count). The fourth-order valence-corrected chi connectivity index (χ4v) is 0.429. The second-order valence-corrected chi connectivity index (χ2v) is 1.70. The smallest absolute Gasteiger partial charge is 0.343 e. The average molecular weight is 160 g/mol. The van der Waals surface area contributed by atoms with Gasteiger partial charge < -0.3 is 14.8 Å². The number of hydrogen-bond acceptors (Lipinski definition) is 3. The first-order valence-corrected chi connectivity index (χ1v) is 3.06. The summed E-state index contributed by atoms with van der Waals surface area (Å²) < 4.78 is 9.43. The van der Waals surface area contributed by atoms with Crippen molar-refractivity contribution in [2.24, 2.45) is 4.99 Å². The van der Waals surface area contributed by atoms with Gasteiger partial charge in [0, 0.05) is 14.2 Å². The molecule has 0 bridgehead atoms. The predicted octanol–water partition coefficient (Wildman–Crippen LogP) is 0.0171. The molecule has 0 aliphatic heterocycles. The van der Waals surface area contributed by atoms with E-state index in [1.54, 1.807) is 0 Å². The van der Waals surface area contributed by atoms with Crippen molar-refractivity contribution in [2.75, 3.05) is 27.9 Å². The molecule has 1 N–H and O–H groups in total. The lowest BCUT2D eigenvalue weighted by molar-refractivity contribution is 0.217. The maximum atomic E-state index is 10.6. The number of methoxy groups -OCH3 is 2. The zero-order valence-corrected chi connectivity index (χ0v) is 6.88. The Kier molecular flexibility index (Phi) is 5.10. The molecule has 0 atom stereocenters. The Labute approximate surface area is 65.4 Å². The molecule has 0 unspecified atom stereocenters. The molecule has 5 heteroatoms. The molecule has 2 amide bonds. The standard InChI is InChI=1S/C6H12N2O3/c1-7-6(9)8-5(11-3)4-10-2/h4H2,1-3H3,(H,7,9). The fraction of sp³-hybridized carbons (Fsp3) is 0.667. The van der Waals surface area contributed by atoms with Crippen LogP contribution in [0.15, 0.2) is 4.99 Å². The monoisotopic (exact) mass is 160 g/mol.